The molecule has 1 N–H and O–H groups in total. The van der Waals surface area contributed by atoms with E-state index in [0.717, 1.165) is 6.20 Å². The third-order valence-electron chi connectivity index (χ3n) is 3.59. The number of rotatable bonds is 4. The highest BCUT2D eigenvalue weighted by molar-refractivity contribution is 6.31. The van der Waals surface area contributed by atoms with Crippen LogP contribution in [0.15, 0.2) is 60.8 Å². The maximum atomic E-state index is 13.5. The minimum atomic E-state index is -4.77. The lowest BCUT2D eigenvalue weighted by atomic mass is 10.2. The van der Waals surface area contributed by atoms with Gasteiger partial charge in [0.15, 0.2) is 11.4 Å². The van der Waals surface area contributed by atoms with Crippen LogP contribution in [-0.2, 0) is 12.7 Å². The third kappa shape index (κ3) is 4.40. The fourth-order valence-electron chi connectivity index (χ4n) is 2.38. The number of benzene rings is 2. The molecule has 0 aliphatic heterocycles. The predicted molar refractivity (Wildman–Crippen MR) is 92.9 cm³/mol. The Morgan fingerprint density at radius 2 is 1.78 bits per heavy atom. The molecule has 2 aromatic carbocycles. The molecule has 0 aliphatic rings. The molecule has 0 bridgehead atoms. The molecule has 0 saturated heterocycles. The first-order valence-electron chi connectivity index (χ1n) is 7.76. The number of carbonyl (C=O) groups is 1. The fraction of sp³-hybridized carbons (Fsp3) is 0.111. The van der Waals surface area contributed by atoms with Crippen LogP contribution in [0, 0.1) is 0 Å². The highest BCUT2D eigenvalue weighted by Crippen LogP contribution is 2.37. The fourth-order valence-corrected chi connectivity index (χ4v) is 2.58. The van der Waals surface area contributed by atoms with Crippen LogP contribution in [0.3, 0.4) is 0 Å². The van der Waals surface area contributed by atoms with E-state index in [2.05, 4.69) is 10.4 Å². The Morgan fingerprint density at radius 1 is 1.11 bits per heavy atom. The summed E-state index contributed by atoms with van der Waals surface area (Å²) < 4.78 is 46.0. The van der Waals surface area contributed by atoms with Crippen LogP contribution < -0.4 is 10.1 Å². The Balaban J connectivity index is 1.79. The van der Waals surface area contributed by atoms with Gasteiger partial charge >= 0.3 is 12.3 Å². The normalized spacial score (nSPS) is 11.3. The zero-order chi connectivity index (χ0) is 19.4. The maximum Gasteiger partial charge on any atom is 0.437 e. The average Bonchev–Trinajstić information content (AvgIpc) is 3.06. The summed E-state index contributed by atoms with van der Waals surface area (Å²) in [6.45, 7) is 0.00663. The van der Waals surface area contributed by atoms with Crippen molar-refractivity contribution in [3.05, 3.63) is 77.1 Å². The van der Waals surface area contributed by atoms with Gasteiger partial charge in [-0.15, -0.1) is 0 Å². The number of nitrogens with zero attached hydrogens (tertiary/aromatic N) is 2. The molecule has 0 saturated carbocycles. The van der Waals surface area contributed by atoms with Gasteiger partial charge in [-0.3, -0.25) is 0 Å². The first-order chi connectivity index (χ1) is 12.9. The first-order valence-corrected chi connectivity index (χ1v) is 8.14. The van der Waals surface area contributed by atoms with E-state index in [9.17, 15) is 18.0 Å². The number of para-hydroxylation sites is 1. The summed E-state index contributed by atoms with van der Waals surface area (Å²) in [5, 5.41) is 6.50. The van der Waals surface area contributed by atoms with Gasteiger partial charge in [0.2, 0.25) is 0 Å². The van der Waals surface area contributed by atoms with E-state index >= 15 is 0 Å². The Morgan fingerprint density at radius 3 is 2.44 bits per heavy atom. The van der Waals surface area contributed by atoms with Gasteiger partial charge in [0, 0.05) is 11.6 Å². The number of nitrogens with one attached hydrogen (secondary N) is 1. The lowest BCUT2D eigenvalue weighted by Gasteiger charge is -2.13. The summed E-state index contributed by atoms with van der Waals surface area (Å²) in [5.41, 5.74) is -0.384. The second kappa shape index (κ2) is 7.71. The zero-order valence-electron chi connectivity index (χ0n) is 13.7. The van der Waals surface area contributed by atoms with Crippen molar-refractivity contribution in [1.82, 2.24) is 15.1 Å². The highest BCUT2D eigenvalue weighted by atomic mass is 35.5. The van der Waals surface area contributed by atoms with Gasteiger partial charge in [0.1, 0.15) is 0 Å². The maximum absolute atomic E-state index is 13.5. The smallest absolute Gasteiger partial charge is 0.406 e. The number of amides is 1. The van der Waals surface area contributed by atoms with E-state index in [1.807, 2.05) is 0 Å². The molecule has 27 heavy (non-hydrogen) atoms. The minimum absolute atomic E-state index is 0.00663. The molecule has 1 aromatic heterocycles. The van der Waals surface area contributed by atoms with Gasteiger partial charge in [-0.1, -0.05) is 48.0 Å². The molecule has 0 spiro atoms. The Hall–Kier alpha value is -3.00. The van der Waals surface area contributed by atoms with Crippen molar-refractivity contribution in [2.24, 2.45) is 0 Å². The molecule has 0 atom stereocenters. The number of aromatic nitrogens is 2. The molecule has 5 nitrogen and oxygen atoms in total. The van der Waals surface area contributed by atoms with Gasteiger partial charge < -0.3 is 10.1 Å². The summed E-state index contributed by atoms with van der Waals surface area (Å²) in [6, 6.07) is 14.5. The molecule has 0 radical (unpaired) electrons. The molecular weight excluding hydrogens is 383 g/mol. The van der Waals surface area contributed by atoms with E-state index in [0.29, 0.717) is 15.3 Å². The van der Waals surface area contributed by atoms with Crippen molar-refractivity contribution in [3.8, 4) is 11.4 Å². The van der Waals surface area contributed by atoms with Crippen molar-refractivity contribution in [2.45, 2.75) is 12.7 Å². The zero-order valence-corrected chi connectivity index (χ0v) is 14.5. The summed E-state index contributed by atoms with van der Waals surface area (Å²) in [4.78, 5) is 11.9. The molecule has 3 rings (SSSR count). The van der Waals surface area contributed by atoms with Crippen LogP contribution in [0.5, 0.6) is 5.75 Å². The molecule has 0 unspecified atom stereocenters. The second-order valence-electron chi connectivity index (χ2n) is 5.44. The summed E-state index contributed by atoms with van der Waals surface area (Å²) in [7, 11) is 0. The third-order valence-corrected chi connectivity index (χ3v) is 3.96. The van der Waals surface area contributed by atoms with E-state index in [4.69, 9.17) is 16.3 Å². The Bertz CT molecular complexity index is 943. The van der Waals surface area contributed by atoms with Gasteiger partial charge in [-0.25, -0.2) is 9.48 Å². The topological polar surface area (TPSA) is 56.1 Å². The van der Waals surface area contributed by atoms with Crippen molar-refractivity contribution < 1.29 is 22.7 Å². The average molecular weight is 396 g/mol. The lowest BCUT2D eigenvalue weighted by Crippen LogP contribution is -2.27. The molecule has 1 amide bonds. The number of carbonyl (C=O) groups excluding carboxylic acids is 1. The molecule has 9 heteroatoms. The molecule has 0 fully saturated rings. The molecule has 1 heterocycles. The van der Waals surface area contributed by atoms with Gasteiger partial charge in [0.05, 0.1) is 11.9 Å². The largest absolute Gasteiger partial charge is 0.437 e. The second-order valence-corrected chi connectivity index (χ2v) is 5.84. The SMILES string of the molecule is O=C(NCc1ccccc1Cl)Oc1cnn(-c2ccccc2)c1C(F)(F)F. The van der Waals surface area contributed by atoms with Crippen LogP contribution in [0.1, 0.15) is 11.3 Å². The predicted octanol–water partition coefficient (Wildman–Crippen LogP) is 4.83. The summed E-state index contributed by atoms with van der Waals surface area (Å²) in [6.07, 6.45) is -4.97. The monoisotopic (exact) mass is 395 g/mol. The molecule has 140 valence electrons. The van der Waals surface area contributed by atoms with E-state index in [-0.39, 0.29) is 12.2 Å². The van der Waals surface area contributed by atoms with E-state index < -0.39 is 23.7 Å². The van der Waals surface area contributed by atoms with Crippen LogP contribution >= 0.6 is 11.6 Å². The van der Waals surface area contributed by atoms with Crippen molar-refractivity contribution in [1.29, 1.82) is 0 Å². The Labute approximate surface area is 157 Å². The van der Waals surface area contributed by atoms with Crippen molar-refractivity contribution in [2.75, 3.05) is 0 Å². The van der Waals surface area contributed by atoms with Crippen molar-refractivity contribution >= 4 is 17.7 Å². The van der Waals surface area contributed by atoms with Gasteiger partial charge in [0.25, 0.3) is 0 Å². The number of hydrogen-bond acceptors (Lipinski definition) is 3. The first kappa shape index (κ1) is 18.8. The van der Waals surface area contributed by atoms with E-state index in [1.54, 1.807) is 42.5 Å². The van der Waals surface area contributed by atoms with Gasteiger partial charge in [-0.05, 0) is 23.8 Å². The number of alkyl halides is 3. The molecular formula is C18H13ClF3N3O2. The quantitative estimate of drug-likeness (QED) is 0.688. The van der Waals surface area contributed by atoms with Crippen molar-refractivity contribution in [3.63, 3.8) is 0 Å². The number of ether oxygens (including phenoxy) is 1. The lowest BCUT2D eigenvalue weighted by molar-refractivity contribution is -0.143. The minimum Gasteiger partial charge on any atom is -0.406 e. The number of hydrogen-bond donors (Lipinski definition) is 1. The molecule has 0 aliphatic carbocycles. The van der Waals surface area contributed by atoms with Crippen LogP contribution in [0.25, 0.3) is 5.69 Å². The highest BCUT2D eigenvalue weighted by Gasteiger charge is 2.40. The summed E-state index contributed by atoms with van der Waals surface area (Å²) in [5.74, 6) is -0.692. The van der Waals surface area contributed by atoms with E-state index in [1.165, 1.54) is 12.1 Å². The van der Waals surface area contributed by atoms with Crippen LogP contribution in [0.4, 0.5) is 18.0 Å². The summed E-state index contributed by atoms with van der Waals surface area (Å²) >= 11 is 5.97. The van der Waals surface area contributed by atoms with Gasteiger partial charge in [-0.2, -0.15) is 18.3 Å². The Kier molecular flexibility index (Phi) is 5.36. The standard InChI is InChI=1S/C18H13ClF3N3O2/c19-14-9-5-4-6-12(14)10-23-17(26)27-15-11-24-25(16(15)18(20,21)22)13-7-2-1-3-8-13/h1-9,11H,10H2,(H,23,26). The number of halogens is 4. The van der Waals surface area contributed by atoms with Crippen LogP contribution in [-0.4, -0.2) is 15.9 Å². The van der Waals surface area contributed by atoms with Crippen LogP contribution in [0.2, 0.25) is 5.02 Å². The molecule has 3 aromatic rings.